The lowest BCUT2D eigenvalue weighted by Gasteiger charge is -2.55. The van der Waals surface area contributed by atoms with Crippen molar-refractivity contribution in [2.75, 3.05) is 5.32 Å². The second-order valence-corrected chi connectivity index (χ2v) is 9.55. The van der Waals surface area contributed by atoms with Crippen molar-refractivity contribution in [3.63, 3.8) is 0 Å². The highest BCUT2D eigenvalue weighted by Gasteiger charge is 2.54. The van der Waals surface area contributed by atoms with Crippen molar-refractivity contribution in [2.24, 2.45) is 23.2 Å². The zero-order chi connectivity index (χ0) is 18.0. The third kappa shape index (κ3) is 2.49. The maximum atomic E-state index is 13.3. The predicted octanol–water partition coefficient (Wildman–Crippen LogP) is 4.65. The van der Waals surface area contributed by atoms with Gasteiger partial charge in [0, 0.05) is 24.2 Å². The van der Waals surface area contributed by atoms with Gasteiger partial charge in [0.05, 0.1) is 17.3 Å². The van der Waals surface area contributed by atoms with Crippen LogP contribution in [0.5, 0.6) is 0 Å². The second kappa shape index (κ2) is 5.70. The fourth-order valence-electron chi connectivity index (χ4n) is 6.90. The number of anilines is 1. The van der Waals surface area contributed by atoms with Crippen LogP contribution in [0.3, 0.4) is 0 Å². The number of carbonyl (C=O) groups is 1. The van der Waals surface area contributed by atoms with Crippen molar-refractivity contribution in [1.82, 2.24) is 9.55 Å². The molecule has 1 N–H and O–H groups in total. The highest BCUT2D eigenvalue weighted by atomic mass is 16.2. The number of aryl methyl sites for hydroxylation is 1. The lowest BCUT2D eigenvalue weighted by molar-refractivity contribution is -0.140. The molecule has 1 aromatic heterocycles. The maximum absolute atomic E-state index is 13.3. The zero-order valence-electron chi connectivity index (χ0n) is 15.8. The van der Waals surface area contributed by atoms with Crippen LogP contribution in [0.2, 0.25) is 0 Å². The first-order valence-corrected chi connectivity index (χ1v) is 10.6. The minimum Gasteiger partial charge on any atom is -0.328 e. The Balaban J connectivity index is 1.26. The van der Waals surface area contributed by atoms with E-state index < -0.39 is 0 Å². The zero-order valence-corrected chi connectivity index (χ0v) is 15.8. The van der Waals surface area contributed by atoms with Gasteiger partial charge in [-0.25, -0.2) is 4.98 Å². The molecule has 4 nitrogen and oxygen atoms in total. The molecule has 4 aliphatic carbocycles. The van der Waals surface area contributed by atoms with Crippen molar-refractivity contribution in [3.8, 4) is 11.3 Å². The quantitative estimate of drug-likeness (QED) is 0.865. The fraction of sp³-hybridized carbons (Fsp3) is 0.565. The summed E-state index contributed by atoms with van der Waals surface area (Å²) < 4.78 is 2.32. The molecule has 7 rings (SSSR count). The van der Waals surface area contributed by atoms with Gasteiger partial charge in [-0.05, 0) is 74.8 Å². The van der Waals surface area contributed by atoms with Crippen molar-refractivity contribution in [2.45, 2.75) is 57.9 Å². The molecular weight excluding hydrogens is 334 g/mol. The number of aromatic nitrogens is 2. The SMILES string of the molecule is O=C(Nc1cccc(-c2cnc3n2CCC3)c1)C12CC3CC(CC(C3)C1)C2. The molecule has 0 saturated heterocycles. The molecule has 4 heteroatoms. The van der Waals surface area contributed by atoms with Gasteiger partial charge in [0.1, 0.15) is 5.82 Å². The molecule has 1 aliphatic heterocycles. The number of amides is 1. The van der Waals surface area contributed by atoms with E-state index in [0.29, 0.717) is 0 Å². The normalized spacial score (nSPS) is 33.3. The Morgan fingerprint density at radius 2 is 1.85 bits per heavy atom. The monoisotopic (exact) mass is 361 g/mol. The second-order valence-electron chi connectivity index (χ2n) is 9.55. The van der Waals surface area contributed by atoms with E-state index in [4.69, 9.17) is 0 Å². The number of hydrogen-bond acceptors (Lipinski definition) is 2. The number of hydrogen-bond donors (Lipinski definition) is 1. The lowest BCUT2D eigenvalue weighted by Crippen LogP contribution is -2.51. The number of benzene rings is 1. The minimum atomic E-state index is -0.0946. The van der Waals surface area contributed by atoms with Gasteiger partial charge in [0.2, 0.25) is 5.91 Å². The Morgan fingerprint density at radius 3 is 2.59 bits per heavy atom. The summed E-state index contributed by atoms with van der Waals surface area (Å²) in [7, 11) is 0. The van der Waals surface area contributed by atoms with E-state index in [2.05, 4.69) is 33.1 Å². The Bertz CT molecular complexity index is 877. The van der Waals surface area contributed by atoms with Crippen LogP contribution in [-0.4, -0.2) is 15.5 Å². The van der Waals surface area contributed by atoms with Gasteiger partial charge in [-0.1, -0.05) is 12.1 Å². The first-order chi connectivity index (χ1) is 13.2. The first-order valence-electron chi connectivity index (χ1n) is 10.6. The Hall–Kier alpha value is -2.10. The van der Waals surface area contributed by atoms with Gasteiger partial charge in [-0.3, -0.25) is 4.79 Å². The molecule has 4 saturated carbocycles. The van der Waals surface area contributed by atoms with Crippen molar-refractivity contribution in [1.29, 1.82) is 0 Å². The number of carbonyl (C=O) groups excluding carboxylic acids is 1. The van der Waals surface area contributed by atoms with E-state index in [-0.39, 0.29) is 11.3 Å². The molecule has 140 valence electrons. The van der Waals surface area contributed by atoms with Gasteiger partial charge in [-0.15, -0.1) is 0 Å². The van der Waals surface area contributed by atoms with Crippen LogP contribution in [-0.2, 0) is 17.8 Å². The number of nitrogens with one attached hydrogen (secondary N) is 1. The van der Waals surface area contributed by atoms with E-state index >= 15 is 0 Å². The third-order valence-corrected chi connectivity index (χ3v) is 7.66. The topological polar surface area (TPSA) is 46.9 Å². The van der Waals surface area contributed by atoms with Gasteiger partial charge < -0.3 is 9.88 Å². The molecule has 2 heterocycles. The molecule has 0 atom stereocenters. The molecule has 4 fully saturated rings. The number of fused-ring (bicyclic) bond motifs is 1. The highest BCUT2D eigenvalue weighted by Crippen LogP contribution is 2.60. The molecule has 2 aromatic rings. The van der Waals surface area contributed by atoms with Crippen molar-refractivity contribution in [3.05, 3.63) is 36.3 Å². The summed E-state index contributed by atoms with van der Waals surface area (Å²) in [6.45, 7) is 1.05. The molecule has 27 heavy (non-hydrogen) atoms. The summed E-state index contributed by atoms with van der Waals surface area (Å²) in [6, 6.07) is 8.34. The summed E-state index contributed by atoms with van der Waals surface area (Å²) in [5.41, 5.74) is 3.16. The Kier molecular flexibility index (Phi) is 3.36. The fourth-order valence-corrected chi connectivity index (χ4v) is 6.90. The summed E-state index contributed by atoms with van der Waals surface area (Å²) in [5.74, 6) is 3.85. The largest absolute Gasteiger partial charge is 0.328 e. The van der Waals surface area contributed by atoms with Crippen LogP contribution >= 0.6 is 0 Å². The highest BCUT2D eigenvalue weighted by molar-refractivity contribution is 5.96. The lowest BCUT2D eigenvalue weighted by atomic mass is 9.49. The molecule has 5 aliphatic rings. The molecule has 1 amide bonds. The molecule has 1 aromatic carbocycles. The molecular formula is C23H27N3O. The Morgan fingerprint density at radius 1 is 1.11 bits per heavy atom. The smallest absolute Gasteiger partial charge is 0.230 e. The first kappa shape index (κ1) is 15.9. The van der Waals surface area contributed by atoms with Crippen LogP contribution in [0, 0.1) is 23.2 Å². The van der Waals surface area contributed by atoms with Gasteiger partial charge in [0.15, 0.2) is 0 Å². The van der Waals surface area contributed by atoms with E-state index in [0.717, 1.165) is 61.2 Å². The van der Waals surface area contributed by atoms with Crippen LogP contribution in [0.4, 0.5) is 5.69 Å². The van der Waals surface area contributed by atoms with E-state index in [1.807, 2.05) is 12.3 Å². The minimum absolute atomic E-state index is 0.0946. The van der Waals surface area contributed by atoms with Crippen LogP contribution in [0.15, 0.2) is 30.5 Å². The van der Waals surface area contributed by atoms with E-state index in [1.165, 1.54) is 37.2 Å². The molecule has 0 unspecified atom stereocenters. The Labute approximate surface area is 160 Å². The average Bonchev–Trinajstić information content (AvgIpc) is 3.24. The van der Waals surface area contributed by atoms with E-state index in [9.17, 15) is 4.79 Å². The summed E-state index contributed by atoms with van der Waals surface area (Å²) in [6.07, 6.45) is 11.7. The molecule has 4 bridgehead atoms. The van der Waals surface area contributed by atoms with Crippen LogP contribution in [0.1, 0.15) is 50.8 Å². The average molecular weight is 361 g/mol. The van der Waals surface area contributed by atoms with Gasteiger partial charge >= 0.3 is 0 Å². The summed E-state index contributed by atoms with van der Waals surface area (Å²) >= 11 is 0. The number of nitrogens with zero attached hydrogens (tertiary/aromatic N) is 2. The van der Waals surface area contributed by atoms with Crippen LogP contribution in [0.25, 0.3) is 11.3 Å². The summed E-state index contributed by atoms with van der Waals surface area (Å²) in [4.78, 5) is 17.9. The third-order valence-electron chi connectivity index (χ3n) is 7.66. The standard InChI is InChI=1S/C23H27N3O/c27-22(23-11-15-7-16(12-23)9-17(8-15)13-23)25-19-4-1-3-18(10-19)20-14-24-21-5-2-6-26(20)21/h1,3-4,10,14-17H,2,5-9,11-13H2,(H,25,27). The van der Waals surface area contributed by atoms with Crippen molar-refractivity contribution >= 4 is 11.6 Å². The number of imidazole rings is 1. The summed E-state index contributed by atoms with van der Waals surface area (Å²) in [5, 5.41) is 3.30. The molecule has 0 radical (unpaired) electrons. The van der Waals surface area contributed by atoms with Crippen molar-refractivity contribution < 1.29 is 4.79 Å². The van der Waals surface area contributed by atoms with Gasteiger partial charge in [-0.2, -0.15) is 0 Å². The maximum Gasteiger partial charge on any atom is 0.230 e. The molecule has 0 spiro atoms. The van der Waals surface area contributed by atoms with E-state index in [1.54, 1.807) is 0 Å². The number of rotatable bonds is 3. The predicted molar refractivity (Wildman–Crippen MR) is 105 cm³/mol. The van der Waals surface area contributed by atoms with Crippen LogP contribution < -0.4 is 5.32 Å². The van der Waals surface area contributed by atoms with Gasteiger partial charge in [0.25, 0.3) is 0 Å².